The van der Waals surface area contributed by atoms with Crippen molar-refractivity contribution in [3.63, 3.8) is 0 Å². The Morgan fingerprint density at radius 2 is 1.78 bits per heavy atom. The highest BCUT2D eigenvalue weighted by molar-refractivity contribution is 7.86. The number of thiophene rings is 1. The van der Waals surface area contributed by atoms with Gasteiger partial charge >= 0.3 is 12.3 Å². The lowest BCUT2D eigenvalue weighted by Crippen LogP contribution is -2.16. The Bertz CT molecular complexity index is 1390. The van der Waals surface area contributed by atoms with Crippen molar-refractivity contribution in [2.24, 2.45) is 0 Å². The van der Waals surface area contributed by atoms with Crippen molar-refractivity contribution in [2.45, 2.75) is 30.3 Å². The summed E-state index contributed by atoms with van der Waals surface area (Å²) < 4.78 is 67.3. The molecule has 0 saturated carbocycles. The fourth-order valence-electron chi connectivity index (χ4n) is 3.67. The molecule has 36 heavy (non-hydrogen) atoms. The molecule has 0 aliphatic heterocycles. The van der Waals surface area contributed by atoms with Crippen LogP contribution in [-0.4, -0.2) is 34.2 Å². The van der Waals surface area contributed by atoms with Crippen LogP contribution in [0.5, 0.6) is 11.5 Å². The fraction of sp³-hybridized carbons (Fsp3) is 0.240. The molecule has 2 heterocycles. The van der Waals surface area contributed by atoms with E-state index in [0.717, 1.165) is 21.3 Å². The summed E-state index contributed by atoms with van der Waals surface area (Å²) in [7, 11) is -0.0337. The Labute approximate surface area is 211 Å². The van der Waals surface area contributed by atoms with Gasteiger partial charge in [-0.05, 0) is 79.1 Å². The predicted molar refractivity (Wildman–Crippen MR) is 132 cm³/mol. The van der Waals surface area contributed by atoms with E-state index in [0.29, 0.717) is 28.5 Å². The van der Waals surface area contributed by atoms with Crippen LogP contribution in [0.15, 0.2) is 65.0 Å². The van der Waals surface area contributed by atoms with Gasteiger partial charge < -0.3 is 14.2 Å². The van der Waals surface area contributed by atoms with Gasteiger partial charge in [0.15, 0.2) is 11.0 Å². The van der Waals surface area contributed by atoms with Gasteiger partial charge in [-0.3, -0.25) is 8.77 Å². The SMILES string of the molecule is CCOC(=O)CCc1cn(S(=O)c2ccc(-c3ccc(OC(F)(F)F)cc3)s2)c2ccc(OC)cc12. The lowest BCUT2D eigenvalue weighted by Gasteiger charge is -2.08. The van der Waals surface area contributed by atoms with E-state index in [-0.39, 0.29) is 18.1 Å². The van der Waals surface area contributed by atoms with Gasteiger partial charge in [0.25, 0.3) is 0 Å². The van der Waals surface area contributed by atoms with Gasteiger partial charge in [0.1, 0.15) is 15.7 Å². The minimum Gasteiger partial charge on any atom is -0.497 e. The molecule has 190 valence electrons. The van der Waals surface area contributed by atoms with Crippen molar-refractivity contribution in [3.05, 3.63) is 66.4 Å². The predicted octanol–water partition coefficient (Wildman–Crippen LogP) is 6.34. The van der Waals surface area contributed by atoms with E-state index < -0.39 is 17.3 Å². The number of carbonyl (C=O) groups is 1. The van der Waals surface area contributed by atoms with Crippen LogP contribution in [0, 0.1) is 0 Å². The summed E-state index contributed by atoms with van der Waals surface area (Å²) in [4.78, 5) is 12.6. The van der Waals surface area contributed by atoms with Crippen molar-refractivity contribution in [3.8, 4) is 21.9 Å². The number of alkyl halides is 3. The van der Waals surface area contributed by atoms with Crippen LogP contribution >= 0.6 is 11.3 Å². The third-order valence-corrected chi connectivity index (χ3v) is 8.01. The quantitative estimate of drug-likeness (QED) is 0.233. The maximum atomic E-state index is 13.5. The second kappa shape index (κ2) is 10.8. The van der Waals surface area contributed by atoms with Crippen molar-refractivity contribution in [1.82, 2.24) is 3.97 Å². The van der Waals surface area contributed by atoms with Crippen LogP contribution in [0.3, 0.4) is 0 Å². The van der Waals surface area contributed by atoms with E-state index in [9.17, 15) is 22.2 Å². The first kappa shape index (κ1) is 25.8. The van der Waals surface area contributed by atoms with Gasteiger partial charge in [-0.1, -0.05) is 0 Å². The number of fused-ring (bicyclic) bond motifs is 1. The molecule has 0 aliphatic carbocycles. The molecule has 1 unspecified atom stereocenters. The first-order valence-corrected chi connectivity index (χ1v) is 12.8. The molecule has 6 nitrogen and oxygen atoms in total. The Kier molecular flexibility index (Phi) is 7.70. The standard InChI is InChI=1S/C25H22F3NO5S2/c1-3-33-23(30)12-6-17-15-29(21-10-9-19(32-2)14-20(17)21)36(31)24-13-11-22(35-24)16-4-7-18(8-5-16)34-25(26,27)28/h4-5,7-11,13-15H,3,6,12H2,1-2H3. The Morgan fingerprint density at radius 3 is 2.44 bits per heavy atom. The highest BCUT2D eigenvalue weighted by Gasteiger charge is 2.31. The fourth-order valence-corrected chi connectivity index (χ4v) is 6.14. The van der Waals surface area contributed by atoms with Crippen LogP contribution in [0.1, 0.15) is 18.9 Å². The summed E-state index contributed by atoms with van der Waals surface area (Å²) in [5, 5.41) is 0.823. The van der Waals surface area contributed by atoms with Crippen LogP contribution in [0.2, 0.25) is 0 Å². The van der Waals surface area contributed by atoms with Gasteiger partial charge in [0, 0.05) is 22.9 Å². The monoisotopic (exact) mass is 537 g/mol. The minimum atomic E-state index is -4.76. The number of rotatable bonds is 9. The number of methoxy groups -OCH3 is 1. The zero-order chi connectivity index (χ0) is 25.9. The molecule has 0 N–H and O–H groups in total. The third kappa shape index (κ3) is 5.90. The molecule has 0 amide bonds. The molecule has 0 fully saturated rings. The van der Waals surface area contributed by atoms with Crippen LogP contribution < -0.4 is 9.47 Å². The number of benzene rings is 2. The minimum absolute atomic E-state index is 0.188. The largest absolute Gasteiger partial charge is 0.573 e. The number of halogens is 3. The zero-order valence-electron chi connectivity index (χ0n) is 19.3. The van der Waals surface area contributed by atoms with Gasteiger partial charge in [-0.15, -0.1) is 24.5 Å². The maximum absolute atomic E-state index is 13.5. The van der Waals surface area contributed by atoms with Gasteiger partial charge in [-0.2, -0.15) is 0 Å². The zero-order valence-corrected chi connectivity index (χ0v) is 21.0. The van der Waals surface area contributed by atoms with E-state index in [1.54, 1.807) is 42.4 Å². The highest BCUT2D eigenvalue weighted by Crippen LogP contribution is 2.34. The summed E-state index contributed by atoms with van der Waals surface area (Å²) >= 11 is 1.28. The molecular weight excluding hydrogens is 515 g/mol. The average Bonchev–Trinajstić information content (AvgIpc) is 3.47. The molecule has 2 aromatic heterocycles. The van der Waals surface area contributed by atoms with Crippen molar-refractivity contribution in [1.29, 1.82) is 0 Å². The highest BCUT2D eigenvalue weighted by atomic mass is 32.2. The Morgan fingerprint density at radius 1 is 1.06 bits per heavy atom. The van der Waals surface area contributed by atoms with E-state index >= 15 is 0 Å². The molecule has 0 radical (unpaired) electrons. The number of esters is 1. The molecule has 0 aliphatic rings. The number of aryl methyl sites for hydroxylation is 1. The first-order chi connectivity index (χ1) is 17.2. The lowest BCUT2D eigenvalue weighted by atomic mass is 10.1. The Balaban J connectivity index is 1.61. The number of nitrogens with zero attached hydrogens (tertiary/aromatic N) is 1. The van der Waals surface area contributed by atoms with Gasteiger partial charge in [-0.25, -0.2) is 4.21 Å². The topological polar surface area (TPSA) is 66.8 Å². The second-order valence-corrected chi connectivity index (χ2v) is 10.3. The summed E-state index contributed by atoms with van der Waals surface area (Å²) in [6.45, 7) is 2.05. The summed E-state index contributed by atoms with van der Waals surface area (Å²) in [5.74, 6) is 0.0212. The number of hydrogen-bond donors (Lipinski definition) is 0. The molecule has 2 aromatic carbocycles. The number of carbonyl (C=O) groups excluding carboxylic acids is 1. The first-order valence-electron chi connectivity index (χ1n) is 10.9. The van der Waals surface area contributed by atoms with Gasteiger partial charge in [0.05, 0.1) is 19.2 Å². The van der Waals surface area contributed by atoms with Crippen molar-refractivity contribution in [2.75, 3.05) is 13.7 Å². The number of aromatic nitrogens is 1. The molecule has 4 aromatic rings. The molecule has 0 bridgehead atoms. The molecule has 1 atom stereocenters. The van der Waals surface area contributed by atoms with Crippen molar-refractivity contribution >= 4 is 39.2 Å². The normalized spacial score (nSPS) is 12.5. The lowest BCUT2D eigenvalue weighted by molar-refractivity contribution is -0.274. The molecular formula is C25H22F3NO5S2. The Hall–Kier alpha value is -3.31. The molecule has 0 spiro atoms. The summed E-state index contributed by atoms with van der Waals surface area (Å²) in [6, 6.07) is 14.4. The van der Waals surface area contributed by atoms with Crippen LogP contribution in [-0.2, 0) is 26.9 Å². The smallest absolute Gasteiger partial charge is 0.497 e. The van der Waals surface area contributed by atoms with E-state index in [4.69, 9.17) is 9.47 Å². The second-order valence-electron chi connectivity index (χ2n) is 7.61. The maximum Gasteiger partial charge on any atom is 0.573 e. The van der Waals surface area contributed by atoms with Crippen LogP contribution in [0.25, 0.3) is 21.3 Å². The molecule has 0 saturated heterocycles. The summed E-state index contributed by atoms with van der Waals surface area (Å²) in [5.41, 5.74) is 2.23. The van der Waals surface area contributed by atoms with Crippen molar-refractivity contribution < 1.29 is 36.4 Å². The molecule has 11 heteroatoms. The van der Waals surface area contributed by atoms with E-state index in [1.807, 2.05) is 12.1 Å². The van der Waals surface area contributed by atoms with E-state index in [1.165, 1.54) is 35.6 Å². The van der Waals surface area contributed by atoms with E-state index in [2.05, 4.69) is 4.74 Å². The third-order valence-electron chi connectivity index (χ3n) is 5.27. The van der Waals surface area contributed by atoms with Crippen LogP contribution in [0.4, 0.5) is 13.2 Å². The average molecular weight is 538 g/mol. The van der Waals surface area contributed by atoms with Gasteiger partial charge in [0.2, 0.25) is 0 Å². The molecule has 4 rings (SSSR count). The summed E-state index contributed by atoms with van der Waals surface area (Å²) in [6.07, 6.45) is -2.39. The number of hydrogen-bond acceptors (Lipinski definition) is 6. The number of ether oxygens (including phenoxy) is 3.